The van der Waals surface area contributed by atoms with Gasteiger partial charge in [-0.1, -0.05) is 54.6 Å². The number of aliphatic hydroxyl groups is 9. The van der Waals surface area contributed by atoms with Crippen molar-refractivity contribution in [1.82, 2.24) is 0 Å². The smallest absolute Gasteiger partial charge is 0.335 e. The van der Waals surface area contributed by atoms with Gasteiger partial charge in [-0.15, -0.1) is 0 Å². The van der Waals surface area contributed by atoms with Crippen LogP contribution in [0.25, 0.3) is 11.1 Å². The number of aliphatic hydroxyl groups excluding tert-OH is 9. The van der Waals surface area contributed by atoms with E-state index in [1.54, 1.807) is 48.5 Å². The first-order valence-electron chi connectivity index (χ1n) is 21.6. The fourth-order valence-corrected chi connectivity index (χ4v) is 8.64. The average molecular weight is 966 g/mol. The first-order valence-corrected chi connectivity index (χ1v) is 21.6. The molecule has 4 aromatic carbocycles. The van der Waals surface area contributed by atoms with Crippen LogP contribution in [-0.4, -0.2) is 154 Å². The summed E-state index contributed by atoms with van der Waals surface area (Å²) in [5.74, 6) is -5.91. The van der Waals surface area contributed by atoms with Crippen LogP contribution in [0.3, 0.4) is 0 Å². The summed E-state index contributed by atoms with van der Waals surface area (Å²) in [5.41, 5.74) is 1.83. The Morgan fingerprint density at radius 3 is 1.90 bits per heavy atom. The molecule has 368 valence electrons. The number of amides is 1. The second-order valence-electron chi connectivity index (χ2n) is 16.8. The number of nitrogens with zero attached hydrogens (tertiary/aromatic N) is 1. The third-order valence-corrected chi connectivity index (χ3v) is 12.4. The number of hydrogen-bond acceptors (Lipinski definition) is 18. The zero-order valence-corrected chi connectivity index (χ0v) is 35.9. The van der Waals surface area contributed by atoms with Gasteiger partial charge in [0.2, 0.25) is 24.8 Å². The molecule has 16 atom stereocenters. The number of carbonyl (C=O) groups is 3. The maximum absolute atomic E-state index is 14.4. The van der Waals surface area contributed by atoms with E-state index in [9.17, 15) is 74.9 Å². The summed E-state index contributed by atoms with van der Waals surface area (Å²) >= 11 is 0. The number of para-hydroxylation sites is 1. The quantitative estimate of drug-likeness (QED) is 0.0733. The van der Waals surface area contributed by atoms with E-state index >= 15 is 0 Å². The van der Waals surface area contributed by atoms with Crippen LogP contribution in [0.15, 0.2) is 109 Å². The van der Waals surface area contributed by atoms with Crippen LogP contribution in [-0.2, 0) is 33.3 Å². The number of aliphatic carboxylic acids is 2. The van der Waals surface area contributed by atoms with Crippen LogP contribution in [0.5, 0.6) is 11.5 Å². The van der Waals surface area contributed by atoms with E-state index in [-0.39, 0.29) is 35.8 Å². The molecule has 11 N–H and O–H groups in total. The van der Waals surface area contributed by atoms with Gasteiger partial charge in [-0.3, -0.25) is 4.79 Å². The summed E-state index contributed by atoms with van der Waals surface area (Å²) in [5, 5.41) is 114. The molecule has 0 radical (unpaired) electrons. The molecular weight excluding hydrogens is 918 g/mol. The second-order valence-corrected chi connectivity index (χ2v) is 16.8. The lowest BCUT2D eigenvalue weighted by molar-refractivity contribution is -0.271. The molecule has 8 unspecified atom stereocenters. The number of β-lactam (4-membered cyclic amide) rings is 1. The molecule has 22 heteroatoms. The number of halogens is 1. The summed E-state index contributed by atoms with van der Waals surface area (Å²) in [6.07, 6.45) is -24.8. The number of anilines is 1. The van der Waals surface area contributed by atoms with Crippen molar-refractivity contribution in [3.63, 3.8) is 0 Å². The highest BCUT2D eigenvalue weighted by atomic mass is 19.1. The lowest BCUT2D eigenvalue weighted by atomic mass is 9.77. The third kappa shape index (κ3) is 9.95. The van der Waals surface area contributed by atoms with Crippen LogP contribution in [0.4, 0.5) is 10.1 Å². The van der Waals surface area contributed by atoms with E-state index in [0.29, 0.717) is 22.4 Å². The third-order valence-electron chi connectivity index (χ3n) is 12.4. The minimum Gasteiger partial charge on any atom is -0.506 e. The number of carboxylic acid groups (broad SMARTS) is 2. The standard InChI is InChI=1S/C47H48FNO20/c48-23-12-9-20(10-13-23)29(66-45-37(56)32(51)28(50)19-64-45)16-15-27-31(49(42(27)59)24-6-2-1-3-7-24)26-14-11-22(18-30(26)67-47-39(58)34(53)36(55)41(69-47)44(62)63)21-5-4-8-25(17-21)65-46-38(57)33(52)35(54)40(68-46)43(60)61/h1-14,17-19,27,29,31-41,45-47,50-58H,15-16H2,(H,60,61)(H,62,63)/t27-,29+,31-,32?,33?,34?,35+,36+,37?,38?,39?,40?,41?,45+,46-,47-/m1/s1. The van der Waals surface area contributed by atoms with E-state index in [2.05, 4.69) is 0 Å². The van der Waals surface area contributed by atoms with Gasteiger partial charge in [0, 0.05) is 11.3 Å². The zero-order valence-electron chi connectivity index (χ0n) is 35.9. The van der Waals surface area contributed by atoms with Gasteiger partial charge in [0.15, 0.2) is 18.0 Å². The maximum atomic E-state index is 14.4. The Morgan fingerprint density at radius 2 is 1.28 bits per heavy atom. The Labute approximate surface area is 390 Å². The maximum Gasteiger partial charge on any atom is 0.335 e. The monoisotopic (exact) mass is 965 g/mol. The van der Waals surface area contributed by atoms with Gasteiger partial charge in [-0.05, 0) is 72.0 Å². The number of hydrogen-bond donors (Lipinski definition) is 11. The van der Waals surface area contributed by atoms with E-state index < -0.39 is 121 Å². The van der Waals surface area contributed by atoms with E-state index in [1.807, 2.05) is 0 Å². The van der Waals surface area contributed by atoms with Crippen LogP contribution in [0.2, 0.25) is 0 Å². The Morgan fingerprint density at radius 1 is 0.667 bits per heavy atom. The minimum absolute atomic E-state index is 0.00502. The molecule has 4 aliphatic heterocycles. The molecule has 3 fully saturated rings. The normalized spacial score (nSPS) is 32.8. The molecule has 0 bridgehead atoms. The summed E-state index contributed by atoms with van der Waals surface area (Å²) in [7, 11) is 0. The van der Waals surface area contributed by atoms with Crippen molar-refractivity contribution in [3.05, 3.63) is 126 Å². The highest BCUT2D eigenvalue weighted by molar-refractivity contribution is 6.03. The second kappa shape index (κ2) is 20.4. The predicted molar refractivity (Wildman–Crippen MR) is 229 cm³/mol. The fraction of sp³-hybridized carbons (Fsp3) is 0.383. The zero-order chi connectivity index (χ0) is 49.4. The van der Waals surface area contributed by atoms with Crippen molar-refractivity contribution in [2.75, 3.05) is 4.90 Å². The van der Waals surface area contributed by atoms with E-state index in [0.717, 1.165) is 6.26 Å². The predicted octanol–water partition coefficient (Wildman–Crippen LogP) is 0.754. The molecule has 4 aliphatic rings. The van der Waals surface area contributed by atoms with Crippen molar-refractivity contribution in [2.45, 2.75) is 105 Å². The molecule has 3 saturated heterocycles. The first kappa shape index (κ1) is 49.2. The van der Waals surface area contributed by atoms with Crippen molar-refractivity contribution in [1.29, 1.82) is 0 Å². The molecule has 8 rings (SSSR count). The van der Waals surface area contributed by atoms with Gasteiger partial charge in [0.1, 0.15) is 72.4 Å². The van der Waals surface area contributed by atoms with Crippen molar-refractivity contribution < 1.29 is 103 Å². The highest BCUT2D eigenvalue weighted by Gasteiger charge is 2.52. The number of carboxylic acids is 2. The van der Waals surface area contributed by atoms with Crippen LogP contribution >= 0.6 is 0 Å². The Bertz CT molecular complexity index is 2510. The molecule has 0 saturated carbocycles. The lowest BCUT2D eigenvalue weighted by Crippen LogP contribution is -2.61. The van der Waals surface area contributed by atoms with Gasteiger partial charge < -0.3 is 89.5 Å². The minimum atomic E-state index is -2.06. The van der Waals surface area contributed by atoms with Crippen molar-refractivity contribution >= 4 is 23.5 Å². The summed E-state index contributed by atoms with van der Waals surface area (Å²) < 4.78 is 48.4. The SMILES string of the molecule is O=C(O)C1O[C@@H](Oc2cccc(-c3ccc([C@@H]4[C@@H](CC[C@H](O[C@@H]5OC=C(O)C(O)C5O)c5ccc(F)cc5)C(=O)N4c4ccccc4)c(O[C@@H]4OC(C(=O)O)[C@@H](O)C(O)C4O)c3)c2)C(O)C(O)[C@@H]1O. The first-order chi connectivity index (χ1) is 32.9. The Kier molecular flexibility index (Phi) is 14.5. The molecule has 4 heterocycles. The van der Waals surface area contributed by atoms with E-state index in [1.165, 1.54) is 53.4 Å². The molecular formula is C47H48FNO20. The van der Waals surface area contributed by atoms with E-state index in [4.69, 9.17) is 28.4 Å². The molecule has 1 amide bonds. The number of ether oxygens (including phenoxy) is 6. The topological polar surface area (TPSA) is 332 Å². The van der Waals surface area contributed by atoms with Crippen LogP contribution in [0, 0.1) is 11.7 Å². The largest absolute Gasteiger partial charge is 0.506 e. The highest BCUT2D eigenvalue weighted by Crippen LogP contribution is 2.50. The summed E-state index contributed by atoms with van der Waals surface area (Å²) in [6, 6.07) is 23.4. The number of rotatable bonds is 15. The van der Waals surface area contributed by atoms with Gasteiger partial charge in [0.25, 0.3) is 0 Å². The number of carbonyl (C=O) groups excluding carboxylic acids is 1. The average Bonchev–Trinajstić information content (AvgIpc) is 3.33. The summed E-state index contributed by atoms with van der Waals surface area (Å²) in [4.78, 5) is 39.7. The van der Waals surface area contributed by atoms with Crippen LogP contribution in [0.1, 0.15) is 36.1 Å². The number of benzene rings is 4. The Balaban J connectivity index is 1.16. The van der Waals surface area contributed by atoms with Crippen molar-refractivity contribution in [2.24, 2.45) is 5.92 Å². The Hall–Kier alpha value is -6.28. The summed E-state index contributed by atoms with van der Waals surface area (Å²) in [6.45, 7) is 0. The molecule has 0 aliphatic carbocycles. The van der Waals surface area contributed by atoms with Gasteiger partial charge in [0.05, 0.1) is 18.1 Å². The fourth-order valence-electron chi connectivity index (χ4n) is 8.64. The molecule has 0 spiro atoms. The van der Waals surface area contributed by atoms with Gasteiger partial charge >= 0.3 is 11.9 Å². The molecule has 21 nitrogen and oxygen atoms in total. The lowest BCUT2D eigenvalue weighted by Gasteiger charge is -2.48. The van der Waals surface area contributed by atoms with Gasteiger partial charge in [-0.2, -0.15) is 0 Å². The van der Waals surface area contributed by atoms with Crippen molar-refractivity contribution in [3.8, 4) is 22.6 Å². The van der Waals surface area contributed by atoms with Crippen LogP contribution < -0.4 is 14.4 Å². The molecule has 0 aromatic heterocycles. The molecule has 69 heavy (non-hydrogen) atoms. The van der Waals surface area contributed by atoms with Gasteiger partial charge in [-0.25, -0.2) is 14.0 Å². The molecule has 4 aromatic rings.